The van der Waals surface area contributed by atoms with Crippen LogP contribution in [0.2, 0.25) is 0 Å². The lowest BCUT2D eigenvalue weighted by molar-refractivity contribution is 0.1000. The van der Waals surface area contributed by atoms with E-state index < -0.39 is 5.91 Å². The molecule has 4 N–H and O–H groups in total. The smallest absolute Gasteiger partial charge is 0.248 e. The molecule has 0 saturated heterocycles. The van der Waals surface area contributed by atoms with Gasteiger partial charge in [0.1, 0.15) is 0 Å². The maximum Gasteiger partial charge on any atom is 0.248 e. The van der Waals surface area contributed by atoms with E-state index in [1.165, 1.54) is 0 Å². The molecule has 0 aliphatic rings. The number of benzene rings is 2. The van der Waals surface area contributed by atoms with Crippen LogP contribution in [0.15, 0.2) is 47.5 Å². The van der Waals surface area contributed by atoms with Crippen molar-refractivity contribution in [2.45, 2.75) is 13.5 Å². The monoisotopic (exact) mass is 484 g/mol. The standard InChI is InChI=1S/C19H24N4O3.HI/c1-4-26-17-11-15(8-9-16(17)25-3)23-19(21-2)22-12-13-6-5-7-14(10-13)18(20)24;/h5-11H,4,12H2,1-3H3,(H2,20,24)(H2,21,22,23);1H. The van der Waals surface area contributed by atoms with Gasteiger partial charge in [-0.25, -0.2) is 0 Å². The molecule has 2 aromatic rings. The van der Waals surface area contributed by atoms with Gasteiger partial charge in [0.2, 0.25) is 5.91 Å². The number of carbonyl (C=O) groups excluding carboxylic acids is 1. The number of hydrogen-bond acceptors (Lipinski definition) is 4. The minimum Gasteiger partial charge on any atom is -0.493 e. The minimum atomic E-state index is -0.448. The van der Waals surface area contributed by atoms with Crippen LogP contribution in [0, 0.1) is 0 Å². The first kappa shape index (κ1) is 22.6. The summed E-state index contributed by atoms with van der Waals surface area (Å²) in [5.74, 6) is 1.46. The predicted molar refractivity (Wildman–Crippen MR) is 118 cm³/mol. The van der Waals surface area contributed by atoms with Crippen LogP contribution in [-0.4, -0.2) is 32.6 Å². The van der Waals surface area contributed by atoms with Crippen molar-refractivity contribution in [3.05, 3.63) is 53.6 Å². The third kappa shape index (κ3) is 6.63. The third-order valence-electron chi connectivity index (χ3n) is 3.62. The van der Waals surface area contributed by atoms with Gasteiger partial charge in [0.25, 0.3) is 0 Å². The summed E-state index contributed by atoms with van der Waals surface area (Å²) >= 11 is 0. The fraction of sp³-hybridized carbons (Fsp3) is 0.263. The summed E-state index contributed by atoms with van der Waals surface area (Å²) in [6.07, 6.45) is 0. The largest absolute Gasteiger partial charge is 0.493 e. The molecule has 2 rings (SSSR count). The second kappa shape index (κ2) is 11.3. The average molecular weight is 484 g/mol. The van der Waals surface area contributed by atoms with E-state index in [0.717, 1.165) is 11.3 Å². The minimum absolute atomic E-state index is 0. The molecule has 0 fully saturated rings. The Morgan fingerprint density at radius 3 is 2.59 bits per heavy atom. The van der Waals surface area contributed by atoms with Gasteiger partial charge in [-0.2, -0.15) is 0 Å². The van der Waals surface area contributed by atoms with Crippen molar-refractivity contribution in [1.29, 1.82) is 0 Å². The van der Waals surface area contributed by atoms with E-state index in [2.05, 4.69) is 15.6 Å². The number of nitrogens with two attached hydrogens (primary N) is 1. The number of guanidine groups is 1. The van der Waals surface area contributed by atoms with E-state index in [0.29, 0.717) is 36.2 Å². The predicted octanol–water partition coefficient (Wildman–Crippen LogP) is 3.00. The first-order chi connectivity index (χ1) is 12.6. The van der Waals surface area contributed by atoms with E-state index in [1.54, 1.807) is 32.4 Å². The van der Waals surface area contributed by atoms with E-state index in [4.69, 9.17) is 15.2 Å². The highest BCUT2D eigenvalue weighted by Gasteiger charge is 2.07. The fourth-order valence-corrected chi connectivity index (χ4v) is 2.36. The molecule has 2 aromatic carbocycles. The lowest BCUT2D eigenvalue weighted by Crippen LogP contribution is -2.30. The summed E-state index contributed by atoms with van der Waals surface area (Å²) in [6.45, 7) is 2.96. The number of nitrogens with one attached hydrogen (secondary N) is 2. The molecule has 0 unspecified atom stereocenters. The maximum absolute atomic E-state index is 11.3. The summed E-state index contributed by atoms with van der Waals surface area (Å²) in [4.78, 5) is 15.5. The molecule has 0 radical (unpaired) electrons. The van der Waals surface area contributed by atoms with Crippen LogP contribution in [0.25, 0.3) is 0 Å². The topological polar surface area (TPSA) is 98.0 Å². The molecule has 0 aliphatic heterocycles. The maximum atomic E-state index is 11.3. The zero-order valence-electron chi connectivity index (χ0n) is 15.6. The van der Waals surface area contributed by atoms with Crippen molar-refractivity contribution in [2.24, 2.45) is 10.7 Å². The molecule has 0 saturated carbocycles. The first-order valence-corrected chi connectivity index (χ1v) is 8.24. The van der Waals surface area contributed by atoms with Gasteiger partial charge in [-0.1, -0.05) is 12.1 Å². The van der Waals surface area contributed by atoms with Crippen LogP contribution in [0.5, 0.6) is 11.5 Å². The van der Waals surface area contributed by atoms with Crippen molar-refractivity contribution in [1.82, 2.24) is 5.32 Å². The molecule has 0 aliphatic carbocycles. The Hall–Kier alpha value is -2.49. The highest BCUT2D eigenvalue weighted by Crippen LogP contribution is 2.30. The molecule has 27 heavy (non-hydrogen) atoms. The van der Waals surface area contributed by atoms with Crippen molar-refractivity contribution in [3.8, 4) is 11.5 Å². The summed E-state index contributed by atoms with van der Waals surface area (Å²) in [7, 11) is 3.29. The summed E-state index contributed by atoms with van der Waals surface area (Å²) < 4.78 is 10.9. The second-order valence-corrected chi connectivity index (χ2v) is 5.41. The summed E-state index contributed by atoms with van der Waals surface area (Å²) in [5, 5.41) is 6.39. The zero-order chi connectivity index (χ0) is 18.9. The van der Waals surface area contributed by atoms with Gasteiger partial charge in [0, 0.05) is 30.9 Å². The Kier molecular flexibility index (Phi) is 9.41. The number of primary amides is 1. The lowest BCUT2D eigenvalue weighted by atomic mass is 10.1. The Bertz CT molecular complexity index is 796. The van der Waals surface area contributed by atoms with Crippen LogP contribution < -0.4 is 25.8 Å². The normalized spacial score (nSPS) is 10.6. The Labute approximate surface area is 176 Å². The molecule has 0 atom stereocenters. The van der Waals surface area contributed by atoms with Crippen LogP contribution in [0.4, 0.5) is 5.69 Å². The van der Waals surface area contributed by atoms with Crippen molar-refractivity contribution >= 4 is 41.5 Å². The number of anilines is 1. The number of nitrogens with zero attached hydrogens (tertiary/aromatic N) is 1. The van der Waals surface area contributed by atoms with E-state index >= 15 is 0 Å². The average Bonchev–Trinajstić information content (AvgIpc) is 2.65. The highest BCUT2D eigenvalue weighted by atomic mass is 127. The van der Waals surface area contributed by atoms with Crippen LogP contribution in [0.1, 0.15) is 22.8 Å². The van der Waals surface area contributed by atoms with Crippen LogP contribution in [0.3, 0.4) is 0 Å². The number of ether oxygens (including phenoxy) is 2. The number of rotatable bonds is 7. The van der Waals surface area contributed by atoms with E-state index in [1.807, 2.05) is 31.2 Å². The van der Waals surface area contributed by atoms with Gasteiger partial charge >= 0.3 is 0 Å². The number of amides is 1. The van der Waals surface area contributed by atoms with E-state index in [-0.39, 0.29) is 24.0 Å². The molecule has 0 aromatic heterocycles. The first-order valence-electron chi connectivity index (χ1n) is 8.24. The van der Waals surface area contributed by atoms with Crippen molar-refractivity contribution in [3.63, 3.8) is 0 Å². The van der Waals surface area contributed by atoms with Crippen molar-refractivity contribution < 1.29 is 14.3 Å². The fourth-order valence-electron chi connectivity index (χ4n) is 2.36. The Balaban J connectivity index is 0.00000364. The Morgan fingerprint density at radius 2 is 1.96 bits per heavy atom. The molecule has 8 heteroatoms. The van der Waals surface area contributed by atoms with E-state index in [9.17, 15) is 4.79 Å². The SMILES string of the molecule is CCOc1cc(NC(=NC)NCc2cccc(C(N)=O)c2)ccc1OC.I. The molecule has 7 nitrogen and oxygen atoms in total. The molecular weight excluding hydrogens is 459 g/mol. The zero-order valence-corrected chi connectivity index (χ0v) is 17.9. The number of methoxy groups -OCH3 is 1. The molecule has 0 spiro atoms. The van der Waals surface area contributed by atoms with Gasteiger partial charge in [-0.3, -0.25) is 9.79 Å². The van der Waals surface area contributed by atoms with Crippen molar-refractivity contribution in [2.75, 3.05) is 26.1 Å². The van der Waals surface area contributed by atoms with Crippen LogP contribution >= 0.6 is 24.0 Å². The van der Waals surface area contributed by atoms with Gasteiger partial charge in [0.05, 0.1) is 13.7 Å². The van der Waals surface area contributed by atoms with Gasteiger partial charge in [-0.15, -0.1) is 24.0 Å². The highest BCUT2D eigenvalue weighted by molar-refractivity contribution is 14.0. The number of aliphatic imine (C=N–C) groups is 1. The van der Waals surface area contributed by atoms with Crippen LogP contribution in [-0.2, 0) is 6.54 Å². The number of halogens is 1. The lowest BCUT2D eigenvalue weighted by Gasteiger charge is -2.15. The molecule has 1 amide bonds. The molecule has 0 bridgehead atoms. The molecular formula is C19H25IN4O3. The molecule has 0 heterocycles. The number of carbonyl (C=O) groups is 1. The second-order valence-electron chi connectivity index (χ2n) is 5.41. The van der Waals surface area contributed by atoms with Gasteiger partial charge in [-0.05, 0) is 36.8 Å². The Morgan fingerprint density at radius 1 is 1.19 bits per heavy atom. The van der Waals surface area contributed by atoms with Gasteiger partial charge < -0.3 is 25.8 Å². The summed E-state index contributed by atoms with van der Waals surface area (Å²) in [6, 6.07) is 12.7. The molecule has 146 valence electrons. The van der Waals surface area contributed by atoms with Gasteiger partial charge in [0.15, 0.2) is 17.5 Å². The number of hydrogen-bond donors (Lipinski definition) is 3. The third-order valence-corrected chi connectivity index (χ3v) is 3.62. The quantitative estimate of drug-likeness (QED) is 0.319. The summed E-state index contributed by atoms with van der Waals surface area (Å²) in [5.41, 5.74) is 7.53.